The minimum atomic E-state index is 0.585. The first-order valence-corrected chi connectivity index (χ1v) is 6.70. The lowest BCUT2D eigenvalue weighted by Gasteiger charge is -2.09. The van der Waals surface area contributed by atoms with E-state index in [9.17, 15) is 0 Å². The van der Waals surface area contributed by atoms with Crippen LogP contribution in [0.3, 0.4) is 0 Å². The van der Waals surface area contributed by atoms with Crippen LogP contribution in [-0.4, -0.2) is 13.2 Å². The number of hydrogen-bond acceptors (Lipinski definition) is 3. The number of nitrogens with zero attached hydrogens (tertiary/aromatic N) is 1. The molecule has 2 aromatic rings. The van der Waals surface area contributed by atoms with E-state index in [1.165, 1.54) is 0 Å². The summed E-state index contributed by atoms with van der Waals surface area (Å²) in [6, 6.07) is 17.4. The van der Waals surface area contributed by atoms with E-state index in [-0.39, 0.29) is 0 Å². The van der Waals surface area contributed by atoms with Crippen LogP contribution in [0, 0.1) is 11.3 Å². The second-order valence-electron chi connectivity index (χ2n) is 3.89. The molecule has 3 nitrogen and oxygen atoms in total. The van der Waals surface area contributed by atoms with Crippen LogP contribution in [0.2, 0.25) is 0 Å². The highest BCUT2D eigenvalue weighted by molar-refractivity contribution is 9.10. The third kappa shape index (κ3) is 4.01. The van der Waals surface area contributed by atoms with E-state index in [1.54, 1.807) is 6.07 Å². The van der Waals surface area contributed by atoms with Crippen molar-refractivity contribution in [1.82, 2.24) is 0 Å². The molecular formula is C15H13BrN2O. The lowest BCUT2D eigenvalue weighted by atomic mass is 10.2. The lowest BCUT2D eigenvalue weighted by molar-refractivity contribution is 0.333. The first kappa shape index (κ1) is 13.4. The molecular weight excluding hydrogens is 304 g/mol. The van der Waals surface area contributed by atoms with Crippen LogP contribution in [0.15, 0.2) is 53.0 Å². The molecule has 0 bridgehead atoms. The minimum absolute atomic E-state index is 0.585. The molecule has 0 saturated carbocycles. The van der Waals surface area contributed by atoms with E-state index in [1.807, 2.05) is 42.5 Å². The Hall–Kier alpha value is -1.99. The Morgan fingerprint density at radius 1 is 1.16 bits per heavy atom. The van der Waals surface area contributed by atoms with Gasteiger partial charge in [-0.15, -0.1) is 0 Å². The zero-order valence-electron chi connectivity index (χ0n) is 10.3. The van der Waals surface area contributed by atoms with Crippen LogP contribution in [0.5, 0.6) is 5.75 Å². The zero-order chi connectivity index (χ0) is 13.5. The van der Waals surface area contributed by atoms with Crippen molar-refractivity contribution in [3.8, 4) is 11.8 Å². The minimum Gasteiger partial charge on any atom is -0.492 e. The molecule has 1 N–H and O–H groups in total. The van der Waals surface area contributed by atoms with E-state index < -0.39 is 0 Å². The van der Waals surface area contributed by atoms with Gasteiger partial charge >= 0.3 is 0 Å². The summed E-state index contributed by atoms with van der Waals surface area (Å²) in [6.07, 6.45) is 0. The van der Waals surface area contributed by atoms with Crippen molar-refractivity contribution >= 4 is 21.6 Å². The van der Waals surface area contributed by atoms with Crippen LogP contribution in [0.1, 0.15) is 5.56 Å². The smallest absolute Gasteiger partial charge is 0.119 e. The molecule has 0 aliphatic rings. The standard InChI is InChI=1S/C15H13BrN2O/c16-15-10-13(7-6-12(15)11-17)18-8-9-19-14-4-2-1-3-5-14/h1-7,10,18H,8-9H2. The summed E-state index contributed by atoms with van der Waals surface area (Å²) in [5.74, 6) is 0.866. The Labute approximate surface area is 121 Å². The third-order valence-corrected chi connectivity index (χ3v) is 3.19. The highest BCUT2D eigenvalue weighted by Crippen LogP contribution is 2.20. The van der Waals surface area contributed by atoms with E-state index >= 15 is 0 Å². The summed E-state index contributed by atoms with van der Waals surface area (Å²) in [5, 5.41) is 12.1. The second-order valence-corrected chi connectivity index (χ2v) is 4.75. The molecule has 0 atom stereocenters. The number of nitrogens with one attached hydrogen (secondary N) is 1. The monoisotopic (exact) mass is 316 g/mol. The molecule has 0 fully saturated rings. The summed E-state index contributed by atoms with van der Waals surface area (Å²) in [6.45, 7) is 1.29. The molecule has 2 rings (SSSR count). The quantitative estimate of drug-likeness (QED) is 0.853. The van der Waals surface area contributed by atoms with Gasteiger partial charge in [0.1, 0.15) is 18.4 Å². The van der Waals surface area contributed by atoms with Gasteiger partial charge in [-0.3, -0.25) is 0 Å². The number of nitriles is 1. The Morgan fingerprint density at radius 2 is 1.95 bits per heavy atom. The lowest BCUT2D eigenvalue weighted by Crippen LogP contribution is -2.11. The molecule has 4 heteroatoms. The van der Waals surface area contributed by atoms with E-state index in [4.69, 9.17) is 10.00 Å². The van der Waals surface area contributed by atoms with Gasteiger partial charge in [0.15, 0.2) is 0 Å². The van der Waals surface area contributed by atoms with Crippen molar-refractivity contribution in [2.45, 2.75) is 0 Å². The fourth-order valence-electron chi connectivity index (χ4n) is 1.60. The van der Waals surface area contributed by atoms with E-state index in [0.717, 1.165) is 15.9 Å². The van der Waals surface area contributed by atoms with Gasteiger partial charge in [-0.2, -0.15) is 5.26 Å². The maximum Gasteiger partial charge on any atom is 0.119 e. The van der Waals surface area contributed by atoms with Gasteiger partial charge in [0.25, 0.3) is 0 Å². The van der Waals surface area contributed by atoms with Crippen LogP contribution >= 0.6 is 15.9 Å². The average molecular weight is 317 g/mol. The van der Waals surface area contributed by atoms with Gasteiger partial charge in [0.05, 0.1) is 5.56 Å². The SMILES string of the molecule is N#Cc1ccc(NCCOc2ccccc2)cc1Br. The van der Waals surface area contributed by atoms with Gasteiger partial charge in [0.2, 0.25) is 0 Å². The molecule has 0 amide bonds. The van der Waals surface area contributed by atoms with Crippen LogP contribution in [-0.2, 0) is 0 Å². The Bertz CT molecular complexity index is 578. The van der Waals surface area contributed by atoms with Gasteiger partial charge < -0.3 is 10.1 Å². The summed E-state index contributed by atoms with van der Waals surface area (Å²) < 4.78 is 6.37. The van der Waals surface area contributed by atoms with E-state index in [0.29, 0.717) is 18.7 Å². The normalized spacial score (nSPS) is 9.68. The molecule has 0 radical (unpaired) electrons. The number of para-hydroxylation sites is 1. The van der Waals surface area contributed by atoms with Crippen LogP contribution < -0.4 is 10.1 Å². The van der Waals surface area contributed by atoms with Gasteiger partial charge in [-0.05, 0) is 46.3 Å². The predicted octanol–water partition coefficient (Wildman–Crippen LogP) is 3.81. The number of anilines is 1. The Balaban J connectivity index is 1.80. The van der Waals surface area contributed by atoms with E-state index in [2.05, 4.69) is 27.3 Å². The van der Waals surface area contributed by atoms with Crippen molar-refractivity contribution in [2.24, 2.45) is 0 Å². The van der Waals surface area contributed by atoms with Crippen LogP contribution in [0.4, 0.5) is 5.69 Å². The maximum atomic E-state index is 8.83. The maximum absolute atomic E-state index is 8.83. The van der Waals surface area contributed by atoms with Crippen molar-refractivity contribution in [3.05, 3.63) is 58.6 Å². The molecule has 19 heavy (non-hydrogen) atoms. The molecule has 0 aliphatic carbocycles. The summed E-state index contributed by atoms with van der Waals surface area (Å²) in [5.41, 5.74) is 1.59. The average Bonchev–Trinajstić information content (AvgIpc) is 2.45. The fraction of sp³-hybridized carbons (Fsp3) is 0.133. The largest absolute Gasteiger partial charge is 0.492 e. The molecule has 96 valence electrons. The topological polar surface area (TPSA) is 45.0 Å². The van der Waals surface area contributed by atoms with Gasteiger partial charge in [0, 0.05) is 16.7 Å². The summed E-state index contributed by atoms with van der Waals surface area (Å²) in [7, 11) is 0. The van der Waals surface area contributed by atoms with Crippen molar-refractivity contribution in [3.63, 3.8) is 0 Å². The Kier molecular flexibility index (Phi) is 4.82. The van der Waals surface area contributed by atoms with Crippen molar-refractivity contribution in [1.29, 1.82) is 5.26 Å². The number of benzene rings is 2. The number of rotatable bonds is 5. The molecule has 0 spiro atoms. The first-order chi connectivity index (χ1) is 9.29. The molecule has 0 aromatic heterocycles. The number of halogens is 1. The Morgan fingerprint density at radius 3 is 2.63 bits per heavy atom. The first-order valence-electron chi connectivity index (χ1n) is 5.91. The second kappa shape index (κ2) is 6.81. The third-order valence-electron chi connectivity index (χ3n) is 2.53. The van der Waals surface area contributed by atoms with Crippen LogP contribution in [0.25, 0.3) is 0 Å². The predicted molar refractivity (Wildman–Crippen MR) is 79.3 cm³/mol. The molecule has 2 aromatic carbocycles. The zero-order valence-corrected chi connectivity index (χ0v) is 11.9. The van der Waals surface area contributed by atoms with Crippen molar-refractivity contribution in [2.75, 3.05) is 18.5 Å². The number of ether oxygens (including phenoxy) is 1. The van der Waals surface area contributed by atoms with Crippen molar-refractivity contribution < 1.29 is 4.74 Å². The molecule has 0 saturated heterocycles. The molecule has 0 aliphatic heterocycles. The van der Waals surface area contributed by atoms with Gasteiger partial charge in [-0.25, -0.2) is 0 Å². The highest BCUT2D eigenvalue weighted by atomic mass is 79.9. The highest BCUT2D eigenvalue weighted by Gasteiger charge is 2.00. The molecule has 0 heterocycles. The summed E-state index contributed by atoms with van der Waals surface area (Å²) in [4.78, 5) is 0. The number of hydrogen-bond donors (Lipinski definition) is 1. The fourth-order valence-corrected chi connectivity index (χ4v) is 2.06. The van der Waals surface area contributed by atoms with Gasteiger partial charge in [-0.1, -0.05) is 18.2 Å². The summed E-state index contributed by atoms with van der Waals surface area (Å²) >= 11 is 3.36. The molecule has 0 unspecified atom stereocenters.